The van der Waals surface area contributed by atoms with Crippen molar-refractivity contribution in [3.05, 3.63) is 35.4 Å². The van der Waals surface area contributed by atoms with Crippen molar-refractivity contribution in [2.45, 2.75) is 12.7 Å². The molecule has 0 spiro atoms. The van der Waals surface area contributed by atoms with Gasteiger partial charge in [0.05, 0.1) is 28.6 Å². The maximum Gasteiger partial charge on any atom is 0.317 e. The molecular formula is C12H17NO4S. The van der Waals surface area contributed by atoms with Crippen LogP contribution in [0.2, 0.25) is 0 Å². The van der Waals surface area contributed by atoms with E-state index in [1.165, 1.54) is 0 Å². The Labute approximate surface area is 107 Å². The van der Waals surface area contributed by atoms with Crippen LogP contribution in [0.25, 0.3) is 0 Å². The lowest BCUT2D eigenvalue weighted by Crippen LogP contribution is -2.18. The van der Waals surface area contributed by atoms with Crippen LogP contribution >= 0.6 is 0 Å². The highest BCUT2D eigenvalue weighted by atomic mass is 32.2. The largest absolute Gasteiger partial charge is 0.481 e. The molecule has 100 valence electrons. The second kappa shape index (κ2) is 6.51. The topological polar surface area (TPSA) is 87.0 Å². The van der Waals surface area contributed by atoms with Crippen LogP contribution in [0.5, 0.6) is 0 Å². The Balaban J connectivity index is 2.98. The minimum atomic E-state index is -2.85. The average Bonchev–Trinajstić information content (AvgIpc) is 2.25. The fraction of sp³-hybridized carbons (Fsp3) is 0.417. The van der Waals surface area contributed by atoms with Crippen molar-refractivity contribution in [3.8, 4) is 0 Å². The number of aryl methyl sites for hydroxylation is 1. The Hall–Kier alpha value is -1.40. The summed E-state index contributed by atoms with van der Waals surface area (Å²) < 4.78 is 16.2. The molecule has 1 aromatic rings. The smallest absolute Gasteiger partial charge is 0.317 e. The van der Waals surface area contributed by atoms with Crippen molar-refractivity contribution in [1.82, 2.24) is 0 Å². The molecule has 0 aliphatic heterocycles. The van der Waals surface area contributed by atoms with Gasteiger partial charge in [-0.2, -0.15) is 0 Å². The lowest BCUT2D eigenvalue weighted by molar-refractivity contribution is -0.134. The maximum atomic E-state index is 12.4. The zero-order valence-corrected chi connectivity index (χ0v) is 11.0. The summed E-state index contributed by atoms with van der Waals surface area (Å²) in [6.45, 7) is 1.68. The van der Waals surface area contributed by atoms with E-state index in [1.54, 1.807) is 6.07 Å². The number of carboxylic acid groups (broad SMARTS) is 1. The van der Waals surface area contributed by atoms with Crippen LogP contribution in [-0.2, 0) is 20.3 Å². The number of nitrogens with zero attached hydrogens (tertiary/aromatic N) is 1. The molecule has 0 aromatic heterocycles. The van der Waals surface area contributed by atoms with Gasteiger partial charge in [0.1, 0.15) is 5.75 Å². The first kappa shape index (κ1) is 14.7. The molecule has 0 aliphatic rings. The molecule has 0 aliphatic carbocycles. The van der Waals surface area contributed by atoms with Gasteiger partial charge in [0.15, 0.2) is 0 Å². The highest BCUT2D eigenvalue weighted by Gasteiger charge is 2.15. The van der Waals surface area contributed by atoms with Gasteiger partial charge in [0.25, 0.3) is 0 Å². The first-order chi connectivity index (χ1) is 8.45. The molecule has 2 N–H and O–H groups in total. The van der Waals surface area contributed by atoms with Crippen molar-refractivity contribution < 1.29 is 19.2 Å². The Bertz CT molecular complexity index is 533. The second-order valence-electron chi connectivity index (χ2n) is 4.02. The van der Waals surface area contributed by atoms with Crippen LogP contribution in [0.1, 0.15) is 11.1 Å². The van der Waals surface area contributed by atoms with E-state index in [1.807, 2.05) is 25.1 Å². The van der Waals surface area contributed by atoms with E-state index in [0.717, 1.165) is 11.1 Å². The van der Waals surface area contributed by atoms with E-state index in [9.17, 15) is 9.00 Å². The normalized spacial score (nSPS) is 13.9. The van der Waals surface area contributed by atoms with Crippen molar-refractivity contribution in [2.24, 2.45) is 4.36 Å². The van der Waals surface area contributed by atoms with E-state index >= 15 is 0 Å². The van der Waals surface area contributed by atoms with Crippen molar-refractivity contribution in [1.29, 1.82) is 0 Å². The fourth-order valence-electron chi connectivity index (χ4n) is 1.60. The molecule has 0 saturated heterocycles. The highest BCUT2D eigenvalue weighted by Crippen LogP contribution is 2.11. The number of hydrogen-bond donors (Lipinski definition) is 2. The summed E-state index contributed by atoms with van der Waals surface area (Å²) >= 11 is 0. The highest BCUT2D eigenvalue weighted by molar-refractivity contribution is 7.93. The van der Waals surface area contributed by atoms with Crippen molar-refractivity contribution in [2.75, 3.05) is 18.9 Å². The third-order valence-corrected chi connectivity index (χ3v) is 4.39. The molecule has 1 rings (SSSR count). The third-order valence-electron chi connectivity index (χ3n) is 2.25. The van der Waals surface area contributed by atoms with Gasteiger partial charge in [-0.05, 0) is 12.5 Å². The van der Waals surface area contributed by atoms with Crippen LogP contribution in [-0.4, -0.2) is 39.3 Å². The summed E-state index contributed by atoms with van der Waals surface area (Å²) in [5.41, 5.74) is 1.81. The van der Waals surface area contributed by atoms with Gasteiger partial charge in [0, 0.05) is 0 Å². The zero-order valence-electron chi connectivity index (χ0n) is 10.2. The zero-order chi connectivity index (χ0) is 13.6. The molecule has 0 fully saturated rings. The molecule has 18 heavy (non-hydrogen) atoms. The number of aliphatic hydroxyl groups excluding tert-OH is 1. The van der Waals surface area contributed by atoms with Crippen LogP contribution < -0.4 is 0 Å². The van der Waals surface area contributed by atoms with Crippen LogP contribution in [0.4, 0.5) is 0 Å². The fourth-order valence-corrected chi connectivity index (χ4v) is 3.39. The molecule has 0 amide bonds. The number of hydrogen-bond acceptors (Lipinski definition) is 4. The standard InChI is InChI=1S/C12H17NO4S/c1-10-3-2-4-11(7-10)8-18(17,9-12(15)16)13-5-6-14/h2-4,7,14H,5-6,8-9H2,1H3,(H,15,16). The van der Waals surface area contributed by atoms with E-state index in [2.05, 4.69) is 4.36 Å². The molecular weight excluding hydrogens is 254 g/mol. The third kappa shape index (κ3) is 4.85. The second-order valence-corrected chi connectivity index (χ2v) is 6.40. The SMILES string of the molecule is Cc1cccc(CS(=O)(CC(=O)O)=NCCO)c1. The molecule has 1 aromatic carbocycles. The first-order valence-corrected chi connectivity index (χ1v) is 7.37. The number of carbonyl (C=O) groups is 1. The molecule has 0 saturated carbocycles. The van der Waals surface area contributed by atoms with Gasteiger partial charge < -0.3 is 10.2 Å². The average molecular weight is 271 g/mol. The van der Waals surface area contributed by atoms with E-state index < -0.39 is 21.5 Å². The molecule has 1 unspecified atom stereocenters. The minimum absolute atomic E-state index is 0.00205. The Kier molecular flexibility index (Phi) is 5.30. The van der Waals surface area contributed by atoms with Gasteiger partial charge >= 0.3 is 5.97 Å². The monoisotopic (exact) mass is 271 g/mol. The van der Waals surface area contributed by atoms with Gasteiger partial charge in [0.2, 0.25) is 0 Å². The predicted octanol–water partition coefficient (Wildman–Crippen LogP) is 1.04. The molecule has 5 nitrogen and oxygen atoms in total. The Morgan fingerprint density at radius 1 is 1.44 bits per heavy atom. The summed E-state index contributed by atoms with van der Waals surface area (Å²) in [4.78, 5) is 10.7. The van der Waals surface area contributed by atoms with E-state index in [0.29, 0.717) is 0 Å². The number of benzene rings is 1. The summed E-state index contributed by atoms with van der Waals surface area (Å²) in [5, 5.41) is 17.5. The van der Waals surface area contributed by atoms with Gasteiger partial charge in [-0.15, -0.1) is 0 Å². The Morgan fingerprint density at radius 3 is 2.72 bits per heavy atom. The lowest BCUT2D eigenvalue weighted by Gasteiger charge is -2.08. The number of carboxylic acids is 1. The van der Waals surface area contributed by atoms with Crippen LogP contribution in [0.3, 0.4) is 0 Å². The lowest BCUT2D eigenvalue weighted by atomic mass is 10.2. The number of aliphatic hydroxyl groups is 1. The van der Waals surface area contributed by atoms with E-state index in [4.69, 9.17) is 10.2 Å². The minimum Gasteiger partial charge on any atom is -0.481 e. The van der Waals surface area contributed by atoms with Crippen LogP contribution in [0.15, 0.2) is 28.6 Å². The van der Waals surface area contributed by atoms with Crippen molar-refractivity contribution in [3.63, 3.8) is 0 Å². The Morgan fingerprint density at radius 2 is 2.17 bits per heavy atom. The summed E-state index contributed by atoms with van der Waals surface area (Å²) in [5.74, 6) is -1.54. The maximum absolute atomic E-state index is 12.4. The first-order valence-electron chi connectivity index (χ1n) is 5.52. The van der Waals surface area contributed by atoms with Gasteiger partial charge in [-0.3, -0.25) is 4.79 Å². The van der Waals surface area contributed by atoms with Gasteiger partial charge in [-0.1, -0.05) is 29.8 Å². The van der Waals surface area contributed by atoms with Gasteiger partial charge in [-0.25, -0.2) is 8.57 Å². The molecule has 1 atom stereocenters. The molecule has 0 bridgehead atoms. The quantitative estimate of drug-likeness (QED) is 0.809. The predicted molar refractivity (Wildman–Crippen MR) is 69.9 cm³/mol. The number of aliphatic carboxylic acids is 1. The summed E-state index contributed by atoms with van der Waals surface area (Å²) in [7, 11) is -2.85. The van der Waals surface area contributed by atoms with E-state index in [-0.39, 0.29) is 18.9 Å². The molecule has 6 heteroatoms. The van der Waals surface area contributed by atoms with Crippen molar-refractivity contribution >= 4 is 15.7 Å². The summed E-state index contributed by atoms with van der Waals surface area (Å²) in [6, 6.07) is 7.39. The molecule has 0 radical (unpaired) electrons. The molecule has 0 heterocycles. The number of rotatable bonds is 6. The van der Waals surface area contributed by atoms with Crippen LogP contribution in [0, 0.1) is 6.92 Å². The summed E-state index contributed by atoms with van der Waals surface area (Å²) in [6.07, 6.45) is 0.